The number of piperidine rings is 1. The highest BCUT2D eigenvalue weighted by Crippen LogP contribution is 2.17. The van der Waals surface area contributed by atoms with Crippen molar-refractivity contribution in [1.29, 1.82) is 0 Å². The molecule has 0 aromatic carbocycles. The van der Waals surface area contributed by atoms with Gasteiger partial charge in [0.1, 0.15) is 0 Å². The first-order valence-electron chi connectivity index (χ1n) is 7.42. The van der Waals surface area contributed by atoms with E-state index in [-0.39, 0.29) is 24.0 Å². The number of ether oxygens (including phenoxy) is 1. The smallest absolute Gasteiger partial charge is 0.191 e. The Bertz CT molecular complexity index is 272. The summed E-state index contributed by atoms with van der Waals surface area (Å²) in [7, 11) is 0. The lowest BCUT2D eigenvalue weighted by Gasteiger charge is -2.31. The highest BCUT2D eigenvalue weighted by molar-refractivity contribution is 14.0. The average Bonchev–Trinajstić information content (AvgIpc) is 2.40. The maximum atomic E-state index is 6.04. The molecule has 0 bridgehead atoms. The van der Waals surface area contributed by atoms with Crippen molar-refractivity contribution in [2.75, 3.05) is 26.2 Å². The molecule has 0 amide bonds. The predicted octanol–water partition coefficient (Wildman–Crippen LogP) is 2.61. The Labute approximate surface area is 134 Å². The zero-order valence-corrected chi connectivity index (χ0v) is 14.3. The van der Waals surface area contributed by atoms with Crippen molar-refractivity contribution in [1.82, 2.24) is 4.90 Å². The van der Waals surface area contributed by atoms with Crippen LogP contribution in [0.1, 0.15) is 45.4 Å². The molecular weight excluding hydrogens is 353 g/mol. The molecule has 112 valence electrons. The van der Waals surface area contributed by atoms with Gasteiger partial charge in [0.25, 0.3) is 0 Å². The number of hydrogen-bond acceptors (Lipinski definition) is 2. The number of guanidine groups is 1. The molecule has 19 heavy (non-hydrogen) atoms. The fourth-order valence-corrected chi connectivity index (χ4v) is 2.70. The zero-order chi connectivity index (χ0) is 12.8. The second-order valence-electron chi connectivity index (χ2n) is 5.69. The first-order chi connectivity index (χ1) is 8.75. The van der Waals surface area contributed by atoms with E-state index in [0.29, 0.717) is 6.10 Å². The van der Waals surface area contributed by atoms with Gasteiger partial charge in [-0.25, -0.2) is 0 Å². The van der Waals surface area contributed by atoms with Crippen LogP contribution in [0.2, 0.25) is 0 Å². The Balaban J connectivity index is 0.00000180. The zero-order valence-electron chi connectivity index (χ0n) is 12.0. The third-order valence-electron chi connectivity index (χ3n) is 4.11. The lowest BCUT2D eigenvalue weighted by molar-refractivity contribution is 0.0129. The van der Waals surface area contributed by atoms with Crippen molar-refractivity contribution < 1.29 is 4.74 Å². The van der Waals surface area contributed by atoms with Crippen molar-refractivity contribution >= 4 is 29.9 Å². The summed E-state index contributed by atoms with van der Waals surface area (Å²) in [6, 6.07) is 0. The van der Waals surface area contributed by atoms with Crippen LogP contribution in [-0.4, -0.2) is 43.2 Å². The van der Waals surface area contributed by atoms with Crippen LogP contribution in [-0.2, 0) is 4.74 Å². The van der Waals surface area contributed by atoms with Crippen molar-refractivity contribution in [3.05, 3.63) is 0 Å². The molecule has 1 unspecified atom stereocenters. The van der Waals surface area contributed by atoms with E-state index in [0.717, 1.165) is 44.5 Å². The van der Waals surface area contributed by atoms with E-state index in [2.05, 4.69) is 16.8 Å². The number of hydrogen-bond donors (Lipinski definition) is 1. The molecule has 2 heterocycles. The lowest BCUT2D eigenvalue weighted by atomic mass is 10.00. The molecule has 1 atom stereocenters. The number of aliphatic imine (C=N–C) groups is 1. The van der Waals surface area contributed by atoms with Crippen LogP contribution >= 0.6 is 24.0 Å². The predicted molar refractivity (Wildman–Crippen MR) is 90.1 cm³/mol. The summed E-state index contributed by atoms with van der Waals surface area (Å²) in [6.45, 7) is 6.17. The molecule has 5 heteroatoms. The molecule has 2 rings (SSSR count). The van der Waals surface area contributed by atoms with Gasteiger partial charge in [0, 0.05) is 26.2 Å². The van der Waals surface area contributed by atoms with E-state index in [4.69, 9.17) is 10.5 Å². The fourth-order valence-electron chi connectivity index (χ4n) is 2.70. The third kappa shape index (κ3) is 5.85. The molecule has 2 fully saturated rings. The molecule has 0 spiro atoms. The van der Waals surface area contributed by atoms with E-state index in [1.807, 2.05) is 0 Å². The fraction of sp³-hybridized carbons (Fsp3) is 0.929. The number of rotatable bonds is 3. The molecule has 0 aromatic heterocycles. The number of halogens is 1. The molecular formula is C14H28IN3O. The Morgan fingerprint density at radius 3 is 2.63 bits per heavy atom. The minimum Gasteiger partial charge on any atom is -0.378 e. The first-order valence-corrected chi connectivity index (χ1v) is 7.42. The van der Waals surface area contributed by atoms with E-state index >= 15 is 0 Å². The van der Waals surface area contributed by atoms with Crippen molar-refractivity contribution in [3.63, 3.8) is 0 Å². The largest absolute Gasteiger partial charge is 0.378 e. The van der Waals surface area contributed by atoms with E-state index < -0.39 is 0 Å². The monoisotopic (exact) mass is 381 g/mol. The van der Waals surface area contributed by atoms with Gasteiger partial charge in [-0.3, -0.25) is 4.99 Å². The standard InChI is InChI=1S/C14H27N3O.HI/c1-12-6-9-17(10-7-12)14(15)16-8-5-13-4-2-3-11-18-13;/h12-13H,2-11H2,1H3,(H2,15,16);1H. The van der Waals surface area contributed by atoms with Crippen LogP contribution in [0.15, 0.2) is 4.99 Å². The second-order valence-corrected chi connectivity index (χ2v) is 5.69. The lowest BCUT2D eigenvalue weighted by Crippen LogP contribution is -2.42. The van der Waals surface area contributed by atoms with Gasteiger partial charge in [-0.05, 0) is 44.4 Å². The van der Waals surface area contributed by atoms with Gasteiger partial charge in [-0.1, -0.05) is 6.92 Å². The molecule has 2 aliphatic heterocycles. The van der Waals surface area contributed by atoms with Crippen molar-refractivity contribution in [3.8, 4) is 0 Å². The molecule has 0 saturated carbocycles. The highest BCUT2D eigenvalue weighted by atomic mass is 127. The Morgan fingerprint density at radius 1 is 1.26 bits per heavy atom. The number of nitrogens with two attached hydrogens (primary N) is 1. The Morgan fingerprint density at radius 2 is 2.00 bits per heavy atom. The van der Waals surface area contributed by atoms with E-state index in [9.17, 15) is 0 Å². The summed E-state index contributed by atoms with van der Waals surface area (Å²) >= 11 is 0. The summed E-state index contributed by atoms with van der Waals surface area (Å²) in [5, 5.41) is 0. The van der Waals surface area contributed by atoms with Crippen LogP contribution in [0.4, 0.5) is 0 Å². The van der Waals surface area contributed by atoms with Crippen molar-refractivity contribution in [2.45, 2.75) is 51.6 Å². The summed E-state index contributed by atoms with van der Waals surface area (Å²) in [6.07, 6.45) is 7.62. The SMILES string of the molecule is CC1CCN(C(N)=NCCC2CCCCO2)CC1.I. The molecule has 2 N–H and O–H groups in total. The van der Waals surface area contributed by atoms with Crippen LogP contribution in [0.5, 0.6) is 0 Å². The first kappa shape index (κ1) is 17.0. The van der Waals surface area contributed by atoms with E-state index in [1.165, 1.54) is 32.1 Å². The molecule has 0 aromatic rings. The molecule has 4 nitrogen and oxygen atoms in total. The maximum absolute atomic E-state index is 6.04. The van der Waals surface area contributed by atoms with Crippen LogP contribution in [0.3, 0.4) is 0 Å². The molecule has 0 radical (unpaired) electrons. The normalized spacial score (nSPS) is 26.1. The van der Waals surface area contributed by atoms with Crippen molar-refractivity contribution in [2.24, 2.45) is 16.6 Å². The minimum absolute atomic E-state index is 0. The molecule has 2 saturated heterocycles. The van der Waals surface area contributed by atoms with Gasteiger partial charge in [0.15, 0.2) is 5.96 Å². The van der Waals surface area contributed by atoms with Gasteiger partial charge < -0.3 is 15.4 Å². The maximum Gasteiger partial charge on any atom is 0.191 e. The minimum atomic E-state index is 0. The second kappa shape index (κ2) is 9.00. The van der Waals surface area contributed by atoms with Gasteiger partial charge in [0.05, 0.1) is 6.10 Å². The third-order valence-corrected chi connectivity index (χ3v) is 4.11. The highest BCUT2D eigenvalue weighted by Gasteiger charge is 2.17. The van der Waals surface area contributed by atoms with Gasteiger partial charge in [-0.2, -0.15) is 0 Å². The number of nitrogens with zero attached hydrogens (tertiary/aromatic N) is 2. The topological polar surface area (TPSA) is 50.8 Å². The van der Waals surface area contributed by atoms with E-state index in [1.54, 1.807) is 0 Å². The average molecular weight is 381 g/mol. The van der Waals surface area contributed by atoms with Crippen LogP contribution < -0.4 is 5.73 Å². The Kier molecular flexibility index (Phi) is 8.06. The quantitative estimate of drug-likeness (QED) is 0.465. The van der Waals surface area contributed by atoms with Crippen LogP contribution in [0, 0.1) is 5.92 Å². The summed E-state index contributed by atoms with van der Waals surface area (Å²) in [5.41, 5.74) is 6.04. The van der Waals surface area contributed by atoms with Gasteiger partial charge >= 0.3 is 0 Å². The Hall–Kier alpha value is -0.0400. The molecule has 2 aliphatic rings. The van der Waals surface area contributed by atoms with Crippen LogP contribution in [0.25, 0.3) is 0 Å². The number of likely N-dealkylation sites (tertiary alicyclic amines) is 1. The van der Waals surface area contributed by atoms with Gasteiger partial charge in [0.2, 0.25) is 0 Å². The summed E-state index contributed by atoms with van der Waals surface area (Å²) < 4.78 is 5.70. The summed E-state index contributed by atoms with van der Waals surface area (Å²) in [4.78, 5) is 6.73. The van der Waals surface area contributed by atoms with Gasteiger partial charge in [-0.15, -0.1) is 24.0 Å². The summed E-state index contributed by atoms with van der Waals surface area (Å²) in [5.74, 6) is 1.57. The molecule has 0 aliphatic carbocycles.